The lowest BCUT2D eigenvalue weighted by Gasteiger charge is -2.36. The minimum absolute atomic E-state index is 0.0728. The van der Waals surface area contributed by atoms with Crippen molar-refractivity contribution in [1.29, 1.82) is 0 Å². The molecule has 0 radical (unpaired) electrons. The van der Waals surface area contributed by atoms with Crippen LogP contribution in [-0.4, -0.2) is 31.7 Å². The van der Waals surface area contributed by atoms with Crippen molar-refractivity contribution in [2.75, 3.05) is 20.8 Å². The van der Waals surface area contributed by atoms with E-state index in [4.69, 9.17) is 9.47 Å². The van der Waals surface area contributed by atoms with Crippen LogP contribution in [0, 0.1) is 5.92 Å². The summed E-state index contributed by atoms with van der Waals surface area (Å²) in [5.41, 5.74) is 0. The molecule has 1 N–H and O–H groups in total. The van der Waals surface area contributed by atoms with E-state index in [0.29, 0.717) is 0 Å². The molecule has 1 unspecified atom stereocenters. The molecule has 0 amide bonds. The Morgan fingerprint density at radius 2 is 1.50 bits per heavy atom. The van der Waals surface area contributed by atoms with Crippen molar-refractivity contribution in [1.82, 2.24) is 0 Å². The van der Waals surface area contributed by atoms with Gasteiger partial charge in [0.25, 0.3) is 0 Å². The molecule has 0 aromatic rings. The molecule has 0 saturated carbocycles. The van der Waals surface area contributed by atoms with Gasteiger partial charge in [0, 0.05) is 20.1 Å². The third kappa shape index (κ3) is 5.68. The summed E-state index contributed by atoms with van der Waals surface area (Å²) >= 11 is 0. The zero-order valence-corrected chi connectivity index (χ0v) is 12.7. The first-order valence-electron chi connectivity index (χ1n) is 7.41. The van der Waals surface area contributed by atoms with Crippen LogP contribution in [0.5, 0.6) is 0 Å². The average Bonchev–Trinajstić information content (AvgIpc) is 2.42. The van der Waals surface area contributed by atoms with Crippen molar-refractivity contribution in [2.45, 2.75) is 71.0 Å². The minimum atomic E-state index is -0.613. The van der Waals surface area contributed by atoms with E-state index in [-0.39, 0.29) is 12.5 Å². The van der Waals surface area contributed by atoms with Crippen molar-refractivity contribution < 1.29 is 14.6 Å². The van der Waals surface area contributed by atoms with Crippen LogP contribution >= 0.6 is 0 Å². The normalized spacial score (nSPS) is 13.8. The van der Waals surface area contributed by atoms with Crippen LogP contribution in [0.3, 0.4) is 0 Å². The third-order valence-corrected chi connectivity index (χ3v) is 3.93. The van der Waals surface area contributed by atoms with Gasteiger partial charge in [0.05, 0.1) is 6.61 Å². The quantitative estimate of drug-likeness (QED) is 0.429. The Hall–Kier alpha value is -0.120. The minimum Gasteiger partial charge on any atom is -0.396 e. The fourth-order valence-electron chi connectivity index (χ4n) is 2.62. The second-order valence-corrected chi connectivity index (χ2v) is 5.01. The van der Waals surface area contributed by atoms with Gasteiger partial charge in [-0.25, -0.2) is 0 Å². The highest BCUT2D eigenvalue weighted by molar-refractivity contribution is 4.77. The Morgan fingerprint density at radius 3 is 1.94 bits per heavy atom. The van der Waals surface area contributed by atoms with Gasteiger partial charge < -0.3 is 14.6 Å². The highest BCUT2D eigenvalue weighted by atomic mass is 16.7. The van der Waals surface area contributed by atoms with E-state index in [1.807, 2.05) is 6.92 Å². The number of aliphatic hydroxyl groups is 1. The topological polar surface area (TPSA) is 38.7 Å². The number of aliphatic hydroxyl groups excluding tert-OH is 1. The predicted octanol–water partition coefficient (Wildman–Crippen LogP) is 3.74. The number of hydrogen-bond acceptors (Lipinski definition) is 3. The molecule has 0 bridgehead atoms. The van der Waals surface area contributed by atoms with Gasteiger partial charge in [-0.15, -0.1) is 0 Å². The first-order valence-corrected chi connectivity index (χ1v) is 7.41. The van der Waals surface area contributed by atoms with Crippen LogP contribution < -0.4 is 0 Å². The van der Waals surface area contributed by atoms with Gasteiger partial charge in [0.15, 0.2) is 5.79 Å². The maximum Gasteiger partial charge on any atom is 0.172 e. The summed E-state index contributed by atoms with van der Waals surface area (Å²) in [7, 11) is 3.33. The molecule has 0 aliphatic carbocycles. The maximum absolute atomic E-state index is 9.54. The smallest absolute Gasteiger partial charge is 0.172 e. The van der Waals surface area contributed by atoms with E-state index in [9.17, 15) is 5.11 Å². The molecule has 110 valence electrons. The Labute approximate surface area is 113 Å². The molecule has 0 rings (SSSR count). The molecule has 0 heterocycles. The number of unbranched alkanes of at least 4 members (excludes halogenated alkanes) is 5. The average molecular weight is 260 g/mol. The molecule has 0 saturated heterocycles. The molecule has 18 heavy (non-hydrogen) atoms. The molecule has 3 nitrogen and oxygen atoms in total. The molecular formula is C15H32O3. The highest BCUT2D eigenvalue weighted by Gasteiger charge is 2.36. The summed E-state index contributed by atoms with van der Waals surface area (Å²) in [5.74, 6) is -0.540. The van der Waals surface area contributed by atoms with Gasteiger partial charge in [0.2, 0.25) is 0 Å². The molecule has 0 fully saturated rings. The van der Waals surface area contributed by atoms with E-state index in [0.717, 1.165) is 19.3 Å². The lowest BCUT2D eigenvalue weighted by molar-refractivity contribution is -0.248. The van der Waals surface area contributed by atoms with Gasteiger partial charge in [-0.05, 0) is 12.8 Å². The standard InChI is InChI=1S/C15H32O3/c1-5-7-8-9-10-11-12-14(13-16)15(6-2,17-3)18-4/h14,16H,5-13H2,1-4H3. The van der Waals surface area contributed by atoms with Gasteiger partial charge in [-0.3, -0.25) is 0 Å². The first kappa shape index (κ1) is 17.9. The Morgan fingerprint density at radius 1 is 0.944 bits per heavy atom. The highest BCUT2D eigenvalue weighted by Crippen LogP contribution is 2.30. The summed E-state index contributed by atoms with van der Waals surface area (Å²) in [5, 5.41) is 9.54. The molecule has 3 heteroatoms. The third-order valence-electron chi connectivity index (χ3n) is 3.93. The lowest BCUT2D eigenvalue weighted by Crippen LogP contribution is -2.43. The summed E-state index contributed by atoms with van der Waals surface area (Å²) < 4.78 is 11.0. The van der Waals surface area contributed by atoms with Crippen molar-refractivity contribution in [3.05, 3.63) is 0 Å². The Balaban J connectivity index is 4.01. The molecule has 0 aromatic heterocycles. The SMILES string of the molecule is CCCCCCCCC(CO)C(CC)(OC)OC. The fourth-order valence-corrected chi connectivity index (χ4v) is 2.62. The van der Waals surface area contributed by atoms with Crippen LogP contribution in [-0.2, 0) is 9.47 Å². The Bertz CT molecular complexity index is 170. The van der Waals surface area contributed by atoms with Crippen LogP contribution in [0.4, 0.5) is 0 Å². The largest absolute Gasteiger partial charge is 0.396 e. The zero-order chi connectivity index (χ0) is 13.9. The predicted molar refractivity (Wildman–Crippen MR) is 75.6 cm³/mol. The van der Waals surface area contributed by atoms with E-state index in [1.165, 1.54) is 32.1 Å². The summed E-state index contributed by atoms with van der Waals surface area (Å²) in [6.45, 7) is 4.40. The van der Waals surface area contributed by atoms with Crippen molar-refractivity contribution in [3.8, 4) is 0 Å². The van der Waals surface area contributed by atoms with Crippen molar-refractivity contribution in [3.63, 3.8) is 0 Å². The molecular weight excluding hydrogens is 228 g/mol. The van der Waals surface area contributed by atoms with Crippen LogP contribution in [0.15, 0.2) is 0 Å². The maximum atomic E-state index is 9.54. The van der Waals surface area contributed by atoms with Gasteiger partial charge >= 0.3 is 0 Å². The van der Waals surface area contributed by atoms with Crippen molar-refractivity contribution >= 4 is 0 Å². The Kier molecular flexibility index (Phi) is 10.7. The summed E-state index contributed by atoms with van der Waals surface area (Å²) in [6.07, 6.45) is 9.36. The zero-order valence-electron chi connectivity index (χ0n) is 12.7. The van der Waals surface area contributed by atoms with E-state index < -0.39 is 5.79 Å². The second-order valence-electron chi connectivity index (χ2n) is 5.01. The molecule has 1 atom stereocenters. The number of methoxy groups -OCH3 is 2. The number of ether oxygens (including phenoxy) is 2. The number of hydrogen-bond donors (Lipinski definition) is 1. The molecule has 0 aliphatic rings. The molecule has 0 spiro atoms. The van der Waals surface area contributed by atoms with Gasteiger partial charge in [-0.1, -0.05) is 52.4 Å². The fraction of sp³-hybridized carbons (Fsp3) is 1.00. The van der Waals surface area contributed by atoms with Gasteiger partial charge in [0.1, 0.15) is 0 Å². The van der Waals surface area contributed by atoms with Crippen LogP contribution in [0.25, 0.3) is 0 Å². The summed E-state index contributed by atoms with van der Waals surface area (Å²) in [4.78, 5) is 0. The van der Waals surface area contributed by atoms with Crippen LogP contribution in [0.2, 0.25) is 0 Å². The first-order chi connectivity index (χ1) is 8.70. The van der Waals surface area contributed by atoms with Gasteiger partial charge in [-0.2, -0.15) is 0 Å². The lowest BCUT2D eigenvalue weighted by atomic mass is 9.90. The molecule has 0 aliphatic heterocycles. The summed E-state index contributed by atoms with van der Waals surface area (Å²) in [6, 6.07) is 0. The van der Waals surface area contributed by atoms with E-state index >= 15 is 0 Å². The second kappa shape index (κ2) is 10.8. The van der Waals surface area contributed by atoms with Crippen LogP contribution in [0.1, 0.15) is 65.2 Å². The molecule has 0 aromatic carbocycles. The van der Waals surface area contributed by atoms with E-state index in [2.05, 4.69) is 6.92 Å². The van der Waals surface area contributed by atoms with E-state index in [1.54, 1.807) is 14.2 Å². The van der Waals surface area contributed by atoms with Crippen molar-refractivity contribution in [2.24, 2.45) is 5.92 Å². The number of rotatable bonds is 12. The monoisotopic (exact) mass is 260 g/mol.